The standard InChI is InChI=1S/C15H22N2O4S/c1-9(2)5-6-16-15(20)17-13(18)8-21-14(19)12-7-10(3)22-11(12)4/h7,9H,5-6,8H2,1-4H3,(H2,16,17,18,20). The Balaban J connectivity index is 2.32. The van der Waals surface area contributed by atoms with Crippen LogP contribution in [0.25, 0.3) is 0 Å². The first-order valence-electron chi connectivity index (χ1n) is 7.11. The van der Waals surface area contributed by atoms with Crippen LogP contribution in [0.2, 0.25) is 0 Å². The van der Waals surface area contributed by atoms with E-state index in [-0.39, 0.29) is 0 Å². The topological polar surface area (TPSA) is 84.5 Å². The molecule has 0 aromatic carbocycles. The van der Waals surface area contributed by atoms with Gasteiger partial charge in [-0.1, -0.05) is 13.8 Å². The van der Waals surface area contributed by atoms with E-state index < -0.39 is 24.5 Å². The third-order valence-corrected chi connectivity index (χ3v) is 3.82. The maximum atomic E-state index is 11.8. The number of ether oxygens (including phenoxy) is 1. The van der Waals surface area contributed by atoms with Gasteiger partial charge in [-0.05, 0) is 32.3 Å². The molecule has 6 nitrogen and oxygen atoms in total. The van der Waals surface area contributed by atoms with E-state index in [9.17, 15) is 14.4 Å². The lowest BCUT2D eigenvalue weighted by molar-refractivity contribution is -0.123. The maximum absolute atomic E-state index is 11.8. The Kier molecular flexibility index (Phi) is 7.04. The molecule has 1 aromatic heterocycles. The van der Waals surface area contributed by atoms with Crippen LogP contribution in [0.4, 0.5) is 4.79 Å². The van der Waals surface area contributed by atoms with E-state index in [0.717, 1.165) is 16.2 Å². The molecule has 0 aliphatic rings. The number of carbonyl (C=O) groups is 3. The number of hydrogen-bond acceptors (Lipinski definition) is 5. The molecule has 0 unspecified atom stereocenters. The summed E-state index contributed by atoms with van der Waals surface area (Å²) in [4.78, 5) is 36.6. The lowest BCUT2D eigenvalue weighted by Gasteiger charge is -2.08. The Morgan fingerprint density at radius 3 is 2.50 bits per heavy atom. The number of carbonyl (C=O) groups excluding carboxylic acids is 3. The van der Waals surface area contributed by atoms with Crippen molar-refractivity contribution in [2.75, 3.05) is 13.2 Å². The molecule has 122 valence electrons. The van der Waals surface area contributed by atoms with Crippen molar-refractivity contribution < 1.29 is 19.1 Å². The van der Waals surface area contributed by atoms with Crippen molar-refractivity contribution in [2.45, 2.75) is 34.1 Å². The number of esters is 1. The first kappa shape index (κ1) is 18.2. The molecule has 3 amide bonds. The number of nitrogens with one attached hydrogen (secondary N) is 2. The number of imide groups is 1. The van der Waals surface area contributed by atoms with Crippen LogP contribution in [0.1, 0.15) is 40.4 Å². The number of aryl methyl sites for hydroxylation is 2. The first-order chi connectivity index (χ1) is 10.3. The molecule has 0 saturated carbocycles. The fourth-order valence-electron chi connectivity index (χ4n) is 1.72. The van der Waals surface area contributed by atoms with Crippen molar-refractivity contribution in [1.29, 1.82) is 0 Å². The van der Waals surface area contributed by atoms with Crippen molar-refractivity contribution in [1.82, 2.24) is 10.6 Å². The Bertz CT molecular complexity index is 552. The third-order valence-electron chi connectivity index (χ3n) is 2.86. The molecule has 0 aliphatic carbocycles. The fourth-order valence-corrected chi connectivity index (χ4v) is 2.64. The molecule has 2 N–H and O–H groups in total. The van der Waals surface area contributed by atoms with Gasteiger partial charge in [0.2, 0.25) is 0 Å². The van der Waals surface area contributed by atoms with Gasteiger partial charge in [-0.2, -0.15) is 0 Å². The quantitative estimate of drug-likeness (QED) is 0.786. The number of rotatable bonds is 6. The van der Waals surface area contributed by atoms with Gasteiger partial charge in [0.15, 0.2) is 6.61 Å². The predicted molar refractivity (Wildman–Crippen MR) is 85.1 cm³/mol. The summed E-state index contributed by atoms with van der Waals surface area (Å²) in [7, 11) is 0. The molecule has 0 atom stereocenters. The van der Waals surface area contributed by atoms with Crippen molar-refractivity contribution in [3.8, 4) is 0 Å². The molecule has 22 heavy (non-hydrogen) atoms. The molecule has 1 heterocycles. The predicted octanol–water partition coefficient (Wildman–Crippen LogP) is 2.39. The van der Waals surface area contributed by atoms with Crippen LogP contribution in [-0.2, 0) is 9.53 Å². The number of urea groups is 1. The monoisotopic (exact) mass is 326 g/mol. The van der Waals surface area contributed by atoms with Gasteiger partial charge in [-0.3, -0.25) is 10.1 Å². The second-order valence-electron chi connectivity index (χ2n) is 5.39. The van der Waals surface area contributed by atoms with Crippen LogP contribution >= 0.6 is 11.3 Å². The molecular weight excluding hydrogens is 304 g/mol. The van der Waals surface area contributed by atoms with Gasteiger partial charge in [0.1, 0.15) is 0 Å². The normalized spacial score (nSPS) is 10.4. The largest absolute Gasteiger partial charge is 0.452 e. The van der Waals surface area contributed by atoms with Crippen LogP contribution in [0.15, 0.2) is 6.07 Å². The minimum Gasteiger partial charge on any atom is -0.452 e. The van der Waals surface area contributed by atoms with E-state index in [1.807, 2.05) is 27.7 Å². The minimum atomic E-state index is -0.653. The van der Waals surface area contributed by atoms with E-state index in [0.29, 0.717) is 18.0 Å². The zero-order valence-electron chi connectivity index (χ0n) is 13.3. The van der Waals surface area contributed by atoms with Crippen LogP contribution in [0.5, 0.6) is 0 Å². The molecule has 0 radical (unpaired) electrons. The maximum Gasteiger partial charge on any atom is 0.339 e. The molecule has 0 fully saturated rings. The summed E-state index contributed by atoms with van der Waals surface area (Å²) in [5.74, 6) is -0.744. The second-order valence-corrected chi connectivity index (χ2v) is 6.85. The molecule has 1 rings (SSSR count). The molecule has 0 bridgehead atoms. The summed E-state index contributed by atoms with van der Waals surface area (Å²) in [6, 6.07) is 1.14. The van der Waals surface area contributed by atoms with Crippen molar-refractivity contribution >= 4 is 29.2 Å². The highest BCUT2D eigenvalue weighted by atomic mass is 32.1. The van der Waals surface area contributed by atoms with Gasteiger partial charge in [0, 0.05) is 16.3 Å². The summed E-state index contributed by atoms with van der Waals surface area (Å²) < 4.78 is 4.90. The molecule has 0 spiro atoms. The SMILES string of the molecule is Cc1cc(C(=O)OCC(=O)NC(=O)NCCC(C)C)c(C)s1. The second kappa shape index (κ2) is 8.53. The smallest absolute Gasteiger partial charge is 0.339 e. The first-order valence-corrected chi connectivity index (χ1v) is 7.93. The summed E-state index contributed by atoms with van der Waals surface area (Å²) in [5.41, 5.74) is 0.455. The molecular formula is C15H22N2O4S. The summed E-state index contributed by atoms with van der Waals surface area (Å²) in [6.45, 7) is 7.80. The zero-order chi connectivity index (χ0) is 16.7. The number of hydrogen-bond donors (Lipinski definition) is 2. The van der Waals surface area contributed by atoms with Gasteiger partial charge in [0.25, 0.3) is 5.91 Å². The van der Waals surface area contributed by atoms with Gasteiger partial charge in [0.05, 0.1) is 5.56 Å². The van der Waals surface area contributed by atoms with Crippen molar-refractivity contribution in [3.05, 3.63) is 21.4 Å². The average Bonchev–Trinajstić information content (AvgIpc) is 2.74. The van der Waals surface area contributed by atoms with Gasteiger partial charge in [-0.25, -0.2) is 9.59 Å². The van der Waals surface area contributed by atoms with Crippen LogP contribution in [-0.4, -0.2) is 31.1 Å². The third kappa shape index (κ3) is 6.26. The van der Waals surface area contributed by atoms with E-state index in [4.69, 9.17) is 4.74 Å². The van der Waals surface area contributed by atoms with Crippen LogP contribution in [0.3, 0.4) is 0 Å². The van der Waals surface area contributed by atoms with E-state index >= 15 is 0 Å². The van der Waals surface area contributed by atoms with Gasteiger partial charge < -0.3 is 10.1 Å². The lowest BCUT2D eigenvalue weighted by atomic mass is 10.1. The Morgan fingerprint density at radius 1 is 1.27 bits per heavy atom. The average molecular weight is 326 g/mol. The molecule has 7 heteroatoms. The summed E-state index contributed by atoms with van der Waals surface area (Å²) in [5, 5.41) is 4.68. The van der Waals surface area contributed by atoms with Crippen LogP contribution in [0, 0.1) is 19.8 Å². The Labute approximate surface area is 134 Å². The zero-order valence-corrected chi connectivity index (χ0v) is 14.1. The number of thiophene rings is 1. The van der Waals surface area contributed by atoms with E-state index in [2.05, 4.69) is 10.6 Å². The lowest BCUT2D eigenvalue weighted by Crippen LogP contribution is -2.42. The Morgan fingerprint density at radius 2 is 1.95 bits per heavy atom. The summed E-state index contributed by atoms with van der Waals surface area (Å²) in [6.07, 6.45) is 0.827. The van der Waals surface area contributed by atoms with E-state index in [1.54, 1.807) is 6.07 Å². The van der Waals surface area contributed by atoms with Gasteiger partial charge in [-0.15, -0.1) is 11.3 Å². The minimum absolute atomic E-state index is 0.455. The molecule has 1 aromatic rings. The van der Waals surface area contributed by atoms with Crippen molar-refractivity contribution in [3.63, 3.8) is 0 Å². The van der Waals surface area contributed by atoms with E-state index in [1.165, 1.54) is 11.3 Å². The van der Waals surface area contributed by atoms with Crippen molar-refractivity contribution in [2.24, 2.45) is 5.92 Å². The summed E-state index contributed by atoms with van der Waals surface area (Å²) >= 11 is 1.49. The molecule has 0 aliphatic heterocycles. The van der Waals surface area contributed by atoms with Crippen LogP contribution < -0.4 is 10.6 Å². The highest BCUT2D eigenvalue weighted by molar-refractivity contribution is 7.12. The fraction of sp³-hybridized carbons (Fsp3) is 0.533. The Hall–Kier alpha value is -1.89. The van der Waals surface area contributed by atoms with Gasteiger partial charge >= 0.3 is 12.0 Å². The highest BCUT2D eigenvalue weighted by Crippen LogP contribution is 2.21. The highest BCUT2D eigenvalue weighted by Gasteiger charge is 2.15. The molecule has 0 saturated heterocycles. The number of amides is 3.